The van der Waals surface area contributed by atoms with Gasteiger partial charge in [-0.15, -0.1) is 12.4 Å². The van der Waals surface area contributed by atoms with E-state index in [2.05, 4.69) is 19.2 Å². The molecule has 3 heteroatoms. The largest absolute Gasteiger partial charge is 0.369 e. The van der Waals surface area contributed by atoms with Crippen LogP contribution in [0.1, 0.15) is 26.7 Å². The highest BCUT2D eigenvalue weighted by Crippen LogP contribution is 2.51. The second-order valence-corrected chi connectivity index (χ2v) is 4.01. The van der Waals surface area contributed by atoms with Crippen LogP contribution in [0.2, 0.25) is 0 Å². The minimum Gasteiger partial charge on any atom is -0.369 e. The Morgan fingerprint density at radius 3 is 2.82 bits per heavy atom. The molecule has 0 bridgehead atoms. The standard InChI is InChI=1S/C8H14N2.ClH/c1-5-3-7(9)10-8(2)4-6(5)8;/h5-6H,3-4H2,1-2H3,(H2,9,10);1H/t5-,6-,8+;/m1./s1. The molecule has 1 aliphatic heterocycles. The van der Waals surface area contributed by atoms with E-state index < -0.39 is 0 Å². The van der Waals surface area contributed by atoms with Crippen LogP contribution in [0.3, 0.4) is 0 Å². The van der Waals surface area contributed by atoms with Crippen LogP contribution in [0, 0.1) is 17.2 Å². The van der Waals surface area contributed by atoms with E-state index in [1.165, 1.54) is 6.42 Å². The van der Waals surface area contributed by atoms with Crippen molar-refractivity contribution in [3.63, 3.8) is 0 Å². The predicted octanol–water partition coefficient (Wildman–Crippen LogP) is 1.79. The average Bonchev–Trinajstić information content (AvgIpc) is 2.39. The van der Waals surface area contributed by atoms with Gasteiger partial charge in [0.2, 0.25) is 0 Å². The van der Waals surface area contributed by atoms with Gasteiger partial charge in [0.05, 0.1) is 5.84 Å². The van der Waals surface area contributed by atoms with Crippen LogP contribution in [0.4, 0.5) is 0 Å². The van der Waals surface area contributed by atoms with Gasteiger partial charge in [-0.05, 0) is 25.2 Å². The molecule has 2 N–H and O–H groups in total. The van der Waals surface area contributed by atoms with E-state index in [0.717, 1.165) is 24.1 Å². The Bertz CT molecular complexity index is 193. The lowest BCUT2D eigenvalue weighted by atomic mass is 9.94. The summed E-state index contributed by atoms with van der Waals surface area (Å²) in [7, 11) is 0. The highest BCUT2D eigenvalue weighted by Gasteiger charge is 2.55. The summed E-state index contributed by atoms with van der Waals surface area (Å²) in [6.45, 7) is 4.48. The zero-order valence-corrected chi connectivity index (χ0v) is 7.79. The molecule has 3 atom stereocenters. The molecule has 2 fully saturated rings. The molecular formula is C8H15ClN2. The summed E-state index contributed by atoms with van der Waals surface area (Å²) in [4.78, 5) is 0. The lowest BCUT2D eigenvalue weighted by Gasteiger charge is -2.25. The van der Waals surface area contributed by atoms with Gasteiger partial charge in [-0.25, -0.2) is 0 Å². The van der Waals surface area contributed by atoms with Crippen molar-refractivity contribution >= 4 is 18.2 Å². The van der Waals surface area contributed by atoms with Gasteiger partial charge in [0, 0.05) is 12.0 Å². The molecule has 1 aliphatic carbocycles. The zero-order valence-electron chi connectivity index (χ0n) is 6.98. The maximum Gasteiger partial charge on any atom is 0.0938 e. The van der Waals surface area contributed by atoms with E-state index in [4.69, 9.17) is 5.41 Å². The molecule has 0 aromatic rings. The van der Waals surface area contributed by atoms with Gasteiger partial charge in [0.15, 0.2) is 0 Å². The van der Waals surface area contributed by atoms with Crippen molar-refractivity contribution in [2.75, 3.05) is 0 Å². The highest BCUT2D eigenvalue weighted by molar-refractivity contribution is 5.85. The SMILES string of the molecule is C[C@@H]1CC(=N)N[C@@]2(C)C[C@H]12.Cl. The van der Waals surface area contributed by atoms with Gasteiger partial charge in [-0.1, -0.05) is 6.92 Å². The van der Waals surface area contributed by atoms with Crippen LogP contribution in [0.5, 0.6) is 0 Å². The number of piperidine rings is 1. The number of hydrogen-bond acceptors (Lipinski definition) is 1. The van der Waals surface area contributed by atoms with Crippen LogP contribution in [0.15, 0.2) is 0 Å². The molecule has 64 valence electrons. The fourth-order valence-electron chi connectivity index (χ4n) is 2.23. The Kier molecular flexibility index (Phi) is 1.91. The van der Waals surface area contributed by atoms with E-state index in [1.807, 2.05) is 0 Å². The summed E-state index contributed by atoms with van der Waals surface area (Å²) in [6.07, 6.45) is 2.23. The monoisotopic (exact) mass is 174 g/mol. The Balaban J connectivity index is 0.000000605. The first-order valence-corrected chi connectivity index (χ1v) is 3.97. The number of rotatable bonds is 0. The summed E-state index contributed by atoms with van der Waals surface area (Å²) in [6, 6.07) is 0. The maximum atomic E-state index is 7.49. The molecule has 0 radical (unpaired) electrons. The Hall–Kier alpha value is -0.240. The molecule has 0 aromatic heterocycles. The van der Waals surface area contributed by atoms with Crippen molar-refractivity contribution in [3.8, 4) is 0 Å². The fraction of sp³-hybridized carbons (Fsp3) is 0.875. The molecule has 2 rings (SSSR count). The van der Waals surface area contributed by atoms with Gasteiger partial charge in [-0.3, -0.25) is 5.41 Å². The summed E-state index contributed by atoms with van der Waals surface area (Å²) in [5.74, 6) is 2.32. The van der Waals surface area contributed by atoms with Crippen LogP contribution < -0.4 is 5.32 Å². The van der Waals surface area contributed by atoms with Crippen LogP contribution >= 0.6 is 12.4 Å². The van der Waals surface area contributed by atoms with E-state index >= 15 is 0 Å². The Morgan fingerprint density at radius 1 is 1.64 bits per heavy atom. The first kappa shape index (κ1) is 8.85. The second-order valence-electron chi connectivity index (χ2n) is 4.01. The van der Waals surface area contributed by atoms with Crippen molar-refractivity contribution in [2.24, 2.45) is 11.8 Å². The molecule has 1 heterocycles. The Labute approximate surface area is 73.7 Å². The average molecular weight is 175 g/mol. The molecule has 2 nitrogen and oxygen atoms in total. The van der Waals surface area contributed by atoms with Crippen molar-refractivity contribution in [1.82, 2.24) is 5.32 Å². The van der Waals surface area contributed by atoms with E-state index in [1.54, 1.807) is 0 Å². The van der Waals surface area contributed by atoms with E-state index in [0.29, 0.717) is 5.54 Å². The molecule has 11 heavy (non-hydrogen) atoms. The molecule has 2 aliphatic rings. The Morgan fingerprint density at radius 2 is 2.27 bits per heavy atom. The fourth-order valence-corrected chi connectivity index (χ4v) is 2.23. The van der Waals surface area contributed by atoms with Crippen molar-refractivity contribution < 1.29 is 0 Å². The minimum atomic E-state index is 0. The predicted molar refractivity (Wildman–Crippen MR) is 48.4 cm³/mol. The number of hydrogen-bond donors (Lipinski definition) is 2. The van der Waals surface area contributed by atoms with E-state index in [-0.39, 0.29) is 12.4 Å². The topological polar surface area (TPSA) is 35.9 Å². The number of fused-ring (bicyclic) bond motifs is 1. The van der Waals surface area contributed by atoms with Gasteiger partial charge in [0.1, 0.15) is 0 Å². The molecule has 0 spiro atoms. The molecule has 0 amide bonds. The lowest BCUT2D eigenvalue weighted by molar-refractivity contribution is 0.413. The van der Waals surface area contributed by atoms with Gasteiger partial charge >= 0.3 is 0 Å². The maximum absolute atomic E-state index is 7.49. The summed E-state index contributed by atoms with van der Waals surface area (Å²) < 4.78 is 0. The first-order valence-electron chi connectivity index (χ1n) is 3.97. The first-order chi connectivity index (χ1) is 4.62. The quantitative estimate of drug-likeness (QED) is 0.577. The molecule has 1 saturated carbocycles. The zero-order chi connectivity index (χ0) is 7.35. The molecule has 0 aromatic carbocycles. The summed E-state index contributed by atoms with van der Waals surface area (Å²) >= 11 is 0. The van der Waals surface area contributed by atoms with Gasteiger partial charge < -0.3 is 5.32 Å². The van der Waals surface area contributed by atoms with Crippen molar-refractivity contribution in [2.45, 2.75) is 32.2 Å². The number of amidine groups is 1. The number of halogens is 1. The molecule has 0 unspecified atom stereocenters. The minimum absolute atomic E-state index is 0. The third kappa shape index (κ3) is 1.24. The normalized spacial score (nSPS) is 46.9. The second kappa shape index (κ2) is 2.37. The highest BCUT2D eigenvalue weighted by atomic mass is 35.5. The third-order valence-corrected chi connectivity index (χ3v) is 2.95. The summed E-state index contributed by atoms with van der Waals surface area (Å²) in [5.41, 5.74) is 0.314. The van der Waals surface area contributed by atoms with Crippen LogP contribution in [-0.4, -0.2) is 11.4 Å². The van der Waals surface area contributed by atoms with Gasteiger partial charge in [0.25, 0.3) is 0 Å². The summed E-state index contributed by atoms with van der Waals surface area (Å²) in [5, 5.41) is 10.7. The molecular weight excluding hydrogens is 160 g/mol. The van der Waals surface area contributed by atoms with Gasteiger partial charge in [-0.2, -0.15) is 0 Å². The molecule has 1 saturated heterocycles. The smallest absolute Gasteiger partial charge is 0.0938 e. The van der Waals surface area contributed by atoms with Crippen LogP contribution in [0.25, 0.3) is 0 Å². The van der Waals surface area contributed by atoms with Crippen molar-refractivity contribution in [1.29, 1.82) is 5.41 Å². The lowest BCUT2D eigenvalue weighted by Crippen LogP contribution is -2.41. The third-order valence-electron chi connectivity index (χ3n) is 2.95. The van der Waals surface area contributed by atoms with E-state index in [9.17, 15) is 0 Å². The number of nitrogens with one attached hydrogen (secondary N) is 2. The van der Waals surface area contributed by atoms with Crippen LogP contribution in [-0.2, 0) is 0 Å². The van der Waals surface area contributed by atoms with Crippen molar-refractivity contribution in [3.05, 3.63) is 0 Å².